The van der Waals surface area contributed by atoms with Crippen molar-refractivity contribution in [1.82, 2.24) is 33.6 Å². The number of rotatable bonds is 9. The first-order chi connectivity index (χ1) is 23.6. The van der Waals surface area contributed by atoms with Crippen LogP contribution >= 0.6 is 0 Å². The van der Waals surface area contributed by atoms with Gasteiger partial charge in [-0.1, -0.05) is 13.8 Å². The molecule has 2 aliphatic rings. The van der Waals surface area contributed by atoms with E-state index in [-0.39, 0.29) is 22.4 Å². The maximum Gasteiger partial charge on any atom is 0.297 e. The van der Waals surface area contributed by atoms with Gasteiger partial charge >= 0.3 is 0 Å². The normalized spacial score (nSPS) is 17.5. The molecule has 0 unspecified atom stereocenters. The van der Waals surface area contributed by atoms with Gasteiger partial charge in [-0.15, -0.1) is 0 Å². The number of nitrogens with one attached hydrogen (secondary N) is 1. The summed E-state index contributed by atoms with van der Waals surface area (Å²) in [6.45, 7) is 10.7. The average molecular weight is 666 g/mol. The van der Waals surface area contributed by atoms with Crippen LogP contribution in [0.3, 0.4) is 0 Å². The molecule has 5 aromatic heterocycles. The number of fused-ring (bicyclic) bond motifs is 3. The molecule has 13 nitrogen and oxygen atoms in total. The van der Waals surface area contributed by atoms with E-state index >= 15 is 0 Å². The molecule has 0 bridgehead atoms. The second kappa shape index (κ2) is 12.9. The SMILES string of the molecule is COCCN1CCN(c2ccc(Nc3cc(-c4ccnc(-n5ncn6c7c(cc6c5=O)CC(C)(C)C7)c4CO)cn(C)c3=O)nc2)C[C@H]1C. The van der Waals surface area contributed by atoms with Crippen molar-refractivity contribution in [1.29, 1.82) is 0 Å². The molecule has 0 spiro atoms. The number of hydrogen-bond donors (Lipinski definition) is 2. The van der Waals surface area contributed by atoms with Crippen molar-refractivity contribution in [3.8, 4) is 16.9 Å². The molecule has 256 valence electrons. The summed E-state index contributed by atoms with van der Waals surface area (Å²) in [6.07, 6.45) is 8.53. The monoisotopic (exact) mass is 665 g/mol. The highest BCUT2D eigenvalue weighted by atomic mass is 16.5. The molecule has 1 saturated heterocycles. The van der Waals surface area contributed by atoms with E-state index in [9.17, 15) is 14.7 Å². The molecule has 0 radical (unpaired) electrons. The minimum Gasteiger partial charge on any atom is -0.392 e. The van der Waals surface area contributed by atoms with Crippen LogP contribution in [0.4, 0.5) is 17.2 Å². The van der Waals surface area contributed by atoms with E-state index in [1.807, 2.05) is 28.8 Å². The molecule has 0 amide bonds. The second-order valence-electron chi connectivity index (χ2n) is 14.0. The smallest absolute Gasteiger partial charge is 0.297 e. The first-order valence-electron chi connectivity index (χ1n) is 16.7. The van der Waals surface area contributed by atoms with Gasteiger partial charge in [0.1, 0.15) is 23.3 Å². The fourth-order valence-electron chi connectivity index (χ4n) is 7.31. The van der Waals surface area contributed by atoms with Gasteiger partial charge in [0, 0.05) is 75.6 Å². The molecule has 0 aromatic carbocycles. The Morgan fingerprint density at radius 1 is 1.08 bits per heavy atom. The number of aromatic nitrogens is 6. The third-order valence-corrected chi connectivity index (χ3v) is 9.85. The van der Waals surface area contributed by atoms with Gasteiger partial charge in [-0.3, -0.25) is 18.9 Å². The molecular formula is C36H43N9O4. The first kappa shape index (κ1) is 32.7. The van der Waals surface area contributed by atoms with E-state index in [4.69, 9.17) is 4.74 Å². The minimum atomic E-state index is -0.391. The quantitative estimate of drug-likeness (QED) is 0.242. The van der Waals surface area contributed by atoms with Crippen LogP contribution in [0.15, 0.2) is 64.8 Å². The number of aliphatic hydroxyl groups is 1. The number of anilines is 3. The Morgan fingerprint density at radius 2 is 1.92 bits per heavy atom. The average Bonchev–Trinajstić information content (AvgIpc) is 3.58. The Bertz CT molecular complexity index is 2130. The lowest BCUT2D eigenvalue weighted by atomic mass is 9.90. The molecule has 1 fully saturated rings. The molecular weight excluding hydrogens is 622 g/mol. The molecule has 0 saturated carbocycles. The van der Waals surface area contributed by atoms with Crippen LogP contribution in [-0.2, 0) is 31.2 Å². The zero-order valence-electron chi connectivity index (χ0n) is 28.7. The van der Waals surface area contributed by atoms with Gasteiger partial charge in [-0.05, 0) is 66.6 Å². The molecule has 1 aliphatic heterocycles. The molecule has 1 atom stereocenters. The van der Waals surface area contributed by atoms with Crippen LogP contribution in [0.1, 0.15) is 37.6 Å². The summed E-state index contributed by atoms with van der Waals surface area (Å²) < 4.78 is 9.86. The fourth-order valence-corrected chi connectivity index (χ4v) is 7.31. The zero-order valence-corrected chi connectivity index (χ0v) is 28.7. The summed E-state index contributed by atoms with van der Waals surface area (Å²) in [5.74, 6) is 0.776. The predicted molar refractivity (Wildman–Crippen MR) is 189 cm³/mol. The van der Waals surface area contributed by atoms with Crippen molar-refractivity contribution >= 4 is 22.7 Å². The Hall–Kier alpha value is -4.85. The van der Waals surface area contributed by atoms with Gasteiger partial charge in [0.25, 0.3) is 11.1 Å². The molecule has 6 heterocycles. The lowest BCUT2D eigenvalue weighted by Crippen LogP contribution is -2.52. The number of aliphatic hydroxyl groups excluding tert-OH is 1. The number of nitrogens with zero attached hydrogens (tertiary/aromatic N) is 8. The molecule has 7 rings (SSSR count). The summed E-state index contributed by atoms with van der Waals surface area (Å²) in [4.78, 5) is 40.9. The molecule has 2 N–H and O–H groups in total. The maximum absolute atomic E-state index is 13.7. The van der Waals surface area contributed by atoms with Crippen LogP contribution in [0.25, 0.3) is 22.5 Å². The van der Waals surface area contributed by atoms with Gasteiger partial charge in [-0.25, -0.2) is 9.97 Å². The van der Waals surface area contributed by atoms with Crippen molar-refractivity contribution in [3.05, 3.63) is 92.8 Å². The second-order valence-corrected chi connectivity index (χ2v) is 14.0. The van der Waals surface area contributed by atoms with Crippen LogP contribution in [0.5, 0.6) is 0 Å². The van der Waals surface area contributed by atoms with E-state index in [2.05, 4.69) is 51.0 Å². The highest BCUT2D eigenvalue weighted by molar-refractivity contribution is 5.73. The van der Waals surface area contributed by atoms with Gasteiger partial charge in [0.05, 0.1) is 25.1 Å². The van der Waals surface area contributed by atoms with E-state index in [0.717, 1.165) is 62.6 Å². The summed E-state index contributed by atoms with van der Waals surface area (Å²) >= 11 is 0. The number of aryl methyl sites for hydroxylation is 1. The number of pyridine rings is 3. The van der Waals surface area contributed by atoms with Gasteiger partial charge in [0.15, 0.2) is 5.82 Å². The largest absolute Gasteiger partial charge is 0.392 e. The Labute approximate surface area is 284 Å². The highest BCUT2D eigenvalue weighted by Crippen LogP contribution is 2.37. The van der Waals surface area contributed by atoms with Crippen LogP contribution in [0, 0.1) is 5.41 Å². The Morgan fingerprint density at radius 3 is 2.65 bits per heavy atom. The standard InChI is InChI=1S/C36H43N9O4/c1-23-19-43(11-10-42(23)12-13-49-5)26-6-7-32(38-18-26)40-29-14-25(20-41(4)34(29)47)27-8-9-37-33(28(27)21-46)45-35(48)30-15-24-16-36(2,3)17-31(24)44(30)22-39-45/h6-9,14-15,18,20,22-23,46H,10-13,16-17,19,21H2,1-5H3,(H,38,40)/t23-/m1/s1. The van der Waals surface area contributed by atoms with Crippen molar-refractivity contribution in [3.63, 3.8) is 0 Å². The number of piperazine rings is 1. The predicted octanol–water partition coefficient (Wildman–Crippen LogP) is 3.16. The lowest BCUT2D eigenvalue weighted by Gasteiger charge is -2.40. The fraction of sp³-hybridized carbons (Fsp3) is 0.417. The van der Waals surface area contributed by atoms with Crippen molar-refractivity contribution in [2.45, 2.75) is 46.3 Å². The van der Waals surface area contributed by atoms with Crippen LogP contribution in [-0.4, -0.2) is 84.7 Å². The maximum atomic E-state index is 13.7. The van der Waals surface area contributed by atoms with Crippen molar-refractivity contribution in [2.24, 2.45) is 12.5 Å². The molecule has 49 heavy (non-hydrogen) atoms. The summed E-state index contributed by atoms with van der Waals surface area (Å²) in [6, 6.07) is 9.73. The van der Waals surface area contributed by atoms with E-state index in [1.165, 1.54) is 9.25 Å². The van der Waals surface area contributed by atoms with Crippen LogP contribution in [0.2, 0.25) is 0 Å². The Balaban J connectivity index is 1.16. The minimum absolute atomic E-state index is 0.142. The van der Waals surface area contributed by atoms with Crippen LogP contribution < -0.4 is 21.3 Å². The molecule has 13 heteroatoms. The van der Waals surface area contributed by atoms with Gasteiger partial charge < -0.3 is 24.6 Å². The zero-order chi connectivity index (χ0) is 34.4. The van der Waals surface area contributed by atoms with Gasteiger partial charge in [0.2, 0.25) is 0 Å². The number of methoxy groups -OCH3 is 1. The lowest BCUT2D eigenvalue weighted by molar-refractivity contribution is 0.117. The number of ether oxygens (including phenoxy) is 1. The Kier molecular flexibility index (Phi) is 8.59. The summed E-state index contributed by atoms with van der Waals surface area (Å²) in [5.41, 5.74) is 5.45. The third-order valence-electron chi connectivity index (χ3n) is 9.85. The first-order valence-corrected chi connectivity index (χ1v) is 16.7. The summed E-state index contributed by atoms with van der Waals surface area (Å²) in [7, 11) is 3.40. The molecule has 5 aromatic rings. The third kappa shape index (κ3) is 6.13. The van der Waals surface area contributed by atoms with Crippen molar-refractivity contribution in [2.75, 3.05) is 50.1 Å². The van der Waals surface area contributed by atoms with Gasteiger partial charge in [-0.2, -0.15) is 9.78 Å². The van der Waals surface area contributed by atoms with Crippen molar-refractivity contribution < 1.29 is 9.84 Å². The van der Waals surface area contributed by atoms with E-state index < -0.39 is 6.61 Å². The molecule has 1 aliphatic carbocycles. The van der Waals surface area contributed by atoms with E-state index in [1.54, 1.807) is 45.0 Å². The highest BCUT2D eigenvalue weighted by Gasteiger charge is 2.32. The number of hydrogen-bond acceptors (Lipinski definition) is 10. The van der Waals surface area contributed by atoms with E-state index in [0.29, 0.717) is 39.8 Å². The summed E-state index contributed by atoms with van der Waals surface area (Å²) in [5, 5.41) is 18.3. The topological polar surface area (TPSA) is 135 Å².